The van der Waals surface area contributed by atoms with Gasteiger partial charge >= 0.3 is 0 Å². The zero-order valence-electron chi connectivity index (χ0n) is 12.4. The predicted octanol–water partition coefficient (Wildman–Crippen LogP) is 3.22. The van der Waals surface area contributed by atoms with Crippen LogP contribution in [0.3, 0.4) is 0 Å². The summed E-state index contributed by atoms with van der Waals surface area (Å²) in [4.78, 5) is 0. The topological polar surface area (TPSA) is 26.2 Å². The maximum Gasteiger partial charge on any atom is 0.0721 e. The maximum atomic E-state index is 5.30. The molecule has 0 bridgehead atoms. The highest BCUT2D eigenvalue weighted by Crippen LogP contribution is 2.22. The molecule has 1 N–H and O–H groups in total. The molecule has 0 aliphatic carbocycles. The second-order valence-electron chi connectivity index (χ2n) is 5.36. The third kappa shape index (κ3) is 4.46. The van der Waals surface area contributed by atoms with Crippen molar-refractivity contribution in [3.63, 3.8) is 0 Å². The second-order valence-corrected chi connectivity index (χ2v) is 5.36. The first-order valence-corrected chi connectivity index (χ1v) is 7.00. The molecule has 0 fully saturated rings. The molecule has 0 saturated heterocycles. The SMILES string of the molecule is CCCNC(c1ccn(CC(C)OC)c1)C(C)C. The van der Waals surface area contributed by atoms with Gasteiger partial charge < -0.3 is 14.6 Å². The van der Waals surface area contributed by atoms with Gasteiger partial charge in [0.05, 0.1) is 6.10 Å². The van der Waals surface area contributed by atoms with Crippen molar-refractivity contribution in [2.45, 2.75) is 52.8 Å². The van der Waals surface area contributed by atoms with Gasteiger partial charge in [0.2, 0.25) is 0 Å². The molecule has 1 aromatic heterocycles. The van der Waals surface area contributed by atoms with Gasteiger partial charge in [0, 0.05) is 32.1 Å². The van der Waals surface area contributed by atoms with E-state index in [9.17, 15) is 0 Å². The highest BCUT2D eigenvalue weighted by atomic mass is 16.5. The summed E-state index contributed by atoms with van der Waals surface area (Å²) in [6.45, 7) is 10.8. The number of ether oxygens (including phenoxy) is 1. The monoisotopic (exact) mass is 252 g/mol. The van der Waals surface area contributed by atoms with Crippen molar-refractivity contribution in [3.8, 4) is 0 Å². The van der Waals surface area contributed by atoms with Gasteiger partial charge in [-0.25, -0.2) is 0 Å². The van der Waals surface area contributed by atoms with E-state index < -0.39 is 0 Å². The molecular weight excluding hydrogens is 224 g/mol. The molecule has 0 saturated carbocycles. The summed E-state index contributed by atoms with van der Waals surface area (Å²) in [5.74, 6) is 0.604. The molecule has 18 heavy (non-hydrogen) atoms. The van der Waals surface area contributed by atoms with Crippen LogP contribution in [0.2, 0.25) is 0 Å². The van der Waals surface area contributed by atoms with Crippen molar-refractivity contribution in [3.05, 3.63) is 24.0 Å². The zero-order chi connectivity index (χ0) is 13.5. The van der Waals surface area contributed by atoms with Crippen molar-refractivity contribution in [2.75, 3.05) is 13.7 Å². The summed E-state index contributed by atoms with van der Waals surface area (Å²) < 4.78 is 7.51. The fourth-order valence-electron chi connectivity index (χ4n) is 2.17. The van der Waals surface area contributed by atoms with Crippen molar-refractivity contribution in [1.82, 2.24) is 9.88 Å². The molecule has 0 aromatic carbocycles. The van der Waals surface area contributed by atoms with Crippen LogP contribution in [0.4, 0.5) is 0 Å². The predicted molar refractivity (Wildman–Crippen MR) is 76.8 cm³/mol. The van der Waals surface area contributed by atoms with E-state index in [1.165, 1.54) is 12.0 Å². The van der Waals surface area contributed by atoms with Crippen LogP contribution in [0, 0.1) is 5.92 Å². The summed E-state index contributed by atoms with van der Waals surface area (Å²) in [5, 5.41) is 3.62. The molecule has 0 aliphatic heterocycles. The third-order valence-corrected chi connectivity index (χ3v) is 3.28. The van der Waals surface area contributed by atoms with E-state index in [1.54, 1.807) is 7.11 Å². The largest absolute Gasteiger partial charge is 0.380 e. The van der Waals surface area contributed by atoms with Crippen LogP contribution < -0.4 is 5.32 Å². The Labute approximate surface area is 112 Å². The molecule has 0 spiro atoms. The molecule has 1 aromatic rings. The van der Waals surface area contributed by atoms with E-state index in [1.807, 2.05) is 0 Å². The molecule has 1 rings (SSSR count). The van der Waals surface area contributed by atoms with Crippen LogP contribution in [0.1, 0.15) is 45.7 Å². The first-order chi connectivity index (χ1) is 8.58. The molecule has 0 radical (unpaired) electrons. The van der Waals surface area contributed by atoms with Crippen LogP contribution in [-0.2, 0) is 11.3 Å². The molecular formula is C15H28N2O. The Morgan fingerprint density at radius 1 is 1.33 bits per heavy atom. The minimum absolute atomic E-state index is 0.256. The Morgan fingerprint density at radius 3 is 2.61 bits per heavy atom. The van der Waals surface area contributed by atoms with Crippen LogP contribution in [0.15, 0.2) is 18.5 Å². The maximum absolute atomic E-state index is 5.30. The van der Waals surface area contributed by atoms with Crippen LogP contribution in [0.25, 0.3) is 0 Å². The highest BCUT2D eigenvalue weighted by Gasteiger charge is 2.16. The first-order valence-electron chi connectivity index (χ1n) is 7.00. The van der Waals surface area contributed by atoms with Gasteiger partial charge in [-0.3, -0.25) is 0 Å². The molecule has 3 heteroatoms. The van der Waals surface area contributed by atoms with E-state index in [2.05, 4.69) is 56.0 Å². The van der Waals surface area contributed by atoms with Gasteiger partial charge in [-0.1, -0.05) is 20.8 Å². The second kappa shape index (κ2) is 7.59. The number of nitrogens with one attached hydrogen (secondary N) is 1. The summed E-state index contributed by atoms with van der Waals surface area (Å²) in [6.07, 6.45) is 5.81. The van der Waals surface area contributed by atoms with E-state index in [0.29, 0.717) is 12.0 Å². The number of rotatable bonds is 8. The van der Waals surface area contributed by atoms with Gasteiger partial charge in [0.1, 0.15) is 0 Å². The summed E-state index contributed by atoms with van der Waals surface area (Å²) in [7, 11) is 1.76. The van der Waals surface area contributed by atoms with Crippen molar-refractivity contribution in [2.24, 2.45) is 5.92 Å². The van der Waals surface area contributed by atoms with Gasteiger partial charge in [-0.2, -0.15) is 0 Å². The molecule has 2 atom stereocenters. The van der Waals surface area contributed by atoms with Gasteiger partial charge in [0.25, 0.3) is 0 Å². The van der Waals surface area contributed by atoms with E-state index in [0.717, 1.165) is 13.1 Å². The zero-order valence-corrected chi connectivity index (χ0v) is 12.4. The lowest BCUT2D eigenvalue weighted by Crippen LogP contribution is -2.26. The summed E-state index contributed by atoms with van der Waals surface area (Å²) in [5.41, 5.74) is 1.38. The van der Waals surface area contributed by atoms with E-state index in [4.69, 9.17) is 4.74 Å². The lowest BCUT2D eigenvalue weighted by atomic mass is 9.98. The van der Waals surface area contributed by atoms with Gasteiger partial charge in [-0.05, 0) is 37.4 Å². The average molecular weight is 252 g/mol. The van der Waals surface area contributed by atoms with E-state index >= 15 is 0 Å². The Morgan fingerprint density at radius 2 is 2.06 bits per heavy atom. The smallest absolute Gasteiger partial charge is 0.0721 e. The Bertz CT molecular complexity index is 333. The highest BCUT2D eigenvalue weighted by molar-refractivity contribution is 5.16. The normalized spacial score (nSPS) is 15.0. The fraction of sp³-hybridized carbons (Fsp3) is 0.733. The number of nitrogens with zero attached hydrogens (tertiary/aromatic N) is 1. The molecule has 2 unspecified atom stereocenters. The Hall–Kier alpha value is -0.800. The molecule has 0 amide bonds. The number of hydrogen-bond acceptors (Lipinski definition) is 2. The standard InChI is InChI=1S/C15H28N2O/c1-6-8-16-15(12(2)3)14-7-9-17(11-14)10-13(4)18-5/h7,9,11-13,15-16H,6,8,10H2,1-5H3. The average Bonchev–Trinajstić information content (AvgIpc) is 2.77. The number of methoxy groups -OCH3 is 1. The third-order valence-electron chi connectivity index (χ3n) is 3.28. The van der Waals surface area contributed by atoms with E-state index in [-0.39, 0.29) is 6.10 Å². The van der Waals surface area contributed by atoms with Crippen LogP contribution in [0.5, 0.6) is 0 Å². The molecule has 0 aliphatic rings. The minimum Gasteiger partial charge on any atom is -0.380 e. The summed E-state index contributed by atoms with van der Waals surface area (Å²) >= 11 is 0. The number of aromatic nitrogens is 1. The number of hydrogen-bond donors (Lipinski definition) is 1. The lowest BCUT2D eigenvalue weighted by Gasteiger charge is -2.21. The van der Waals surface area contributed by atoms with Gasteiger partial charge in [-0.15, -0.1) is 0 Å². The van der Waals surface area contributed by atoms with Crippen molar-refractivity contribution >= 4 is 0 Å². The quantitative estimate of drug-likeness (QED) is 0.769. The minimum atomic E-state index is 0.256. The molecule has 104 valence electrons. The van der Waals surface area contributed by atoms with Gasteiger partial charge in [0.15, 0.2) is 0 Å². The lowest BCUT2D eigenvalue weighted by molar-refractivity contribution is 0.103. The fourth-order valence-corrected chi connectivity index (χ4v) is 2.17. The van der Waals surface area contributed by atoms with Crippen LogP contribution in [-0.4, -0.2) is 24.3 Å². The molecule has 1 heterocycles. The Balaban J connectivity index is 2.68. The van der Waals surface area contributed by atoms with Crippen molar-refractivity contribution in [1.29, 1.82) is 0 Å². The van der Waals surface area contributed by atoms with Crippen LogP contribution >= 0.6 is 0 Å². The first kappa shape index (κ1) is 15.3. The Kier molecular flexibility index (Phi) is 6.44. The molecule has 3 nitrogen and oxygen atoms in total. The van der Waals surface area contributed by atoms with Crippen molar-refractivity contribution < 1.29 is 4.74 Å². The summed E-state index contributed by atoms with van der Waals surface area (Å²) in [6, 6.07) is 2.67.